The van der Waals surface area contributed by atoms with E-state index in [2.05, 4.69) is 5.32 Å². The van der Waals surface area contributed by atoms with E-state index >= 15 is 0 Å². The lowest BCUT2D eigenvalue weighted by Gasteiger charge is -2.18. The largest absolute Gasteiger partial charge is 0.484 e. The molecular weight excluding hydrogens is 382 g/mol. The molecule has 0 aliphatic carbocycles. The molecule has 0 saturated carbocycles. The number of carbonyl (C=O) groups is 2. The van der Waals surface area contributed by atoms with Crippen LogP contribution in [0.2, 0.25) is 0 Å². The van der Waals surface area contributed by atoms with E-state index in [1.54, 1.807) is 26.0 Å². The summed E-state index contributed by atoms with van der Waals surface area (Å²) < 4.78 is 31.8. The molecule has 0 saturated heterocycles. The van der Waals surface area contributed by atoms with Crippen LogP contribution in [0.15, 0.2) is 53.4 Å². The smallest absolute Gasteiger partial charge is 0.262 e. The minimum absolute atomic E-state index is 0.108. The van der Waals surface area contributed by atoms with Crippen molar-refractivity contribution in [2.45, 2.75) is 18.7 Å². The first-order valence-corrected chi connectivity index (χ1v) is 10.1. The van der Waals surface area contributed by atoms with Crippen molar-refractivity contribution in [1.29, 1.82) is 0 Å². The standard InChI is InChI=1S/C19H23N3O5S/c1-3-22(4-2)28(25,26)17-7-5-6-15(12-17)21-18(23)13-27-16-10-8-14(9-11-16)19(20)24/h5-12H,3-4,13H2,1-2H3,(H2,20,24)(H,21,23). The van der Waals surface area contributed by atoms with Crippen LogP contribution < -0.4 is 15.8 Å². The molecule has 0 fully saturated rings. The lowest BCUT2D eigenvalue weighted by atomic mass is 10.2. The quantitative estimate of drug-likeness (QED) is 0.660. The van der Waals surface area contributed by atoms with Crippen molar-refractivity contribution in [2.24, 2.45) is 5.73 Å². The summed E-state index contributed by atoms with van der Waals surface area (Å²) >= 11 is 0. The average molecular weight is 405 g/mol. The van der Waals surface area contributed by atoms with Gasteiger partial charge in [0.1, 0.15) is 5.75 Å². The number of amides is 2. The number of hydrogen-bond acceptors (Lipinski definition) is 5. The average Bonchev–Trinajstić information content (AvgIpc) is 2.67. The van der Waals surface area contributed by atoms with Gasteiger partial charge in [0.15, 0.2) is 6.61 Å². The number of benzene rings is 2. The molecular formula is C19H23N3O5S. The number of hydrogen-bond donors (Lipinski definition) is 2. The number of anilines is 1. The molecule has 0 heterocycles. The van der Waals surface area contributed by atoms with Crippen molar-refractivity contribution >= 4 is 27.5 Å². The number of nitrogens with one attached hydrogen (secondary N) is 1. The number of primary amides is 1. The van der Waals surface area contributed by atoms with E-state index in [1.807, 2.05) is 0 Å². The maximum Gasteiger partial charge on any atom is 0.262 e. The van der Waals surface area contributed by atoms with Crippen LogP contribution >= 0.6 is 0 Å². The van der Waals surface area contributed by atoms with Gasteiger partial charge in [-0.05, 0) is 42.5 Å². The molecule has 9 heteroatoms. The molecule has 28 heavy (non-hydrogen) atoms. The number of ether oxygens (including phenoxy) is 1. The maximum absolute atomic E-state index is 12.6. The Labute approximate surface area is 164 Å². The number of carbonyl (C=O) groups excluding carboxylic acids is 2. The van der Waals surface area contributed by atoms with E-state index in [4.69, 9.17) is 10.5 Å². The molecule has 0 aliphatic rings. The third kappa shape index (κ3) is 5.30. The van der Waals surface area contributed by atoms with Crippen LogP contribution in [0.3, 0.4) is 0 Å². The second-order valence-electron chi connectivity index (χ2n) is 5.84. The molecule has 3 N–H and O–H groups in total. The molecule has 150 valence electrons. The molecule has 2 aromatic carbocycles. The van der Waals surface area contributed by atoms with Crippen molar-refractivity contribution in [1.82, 2.24) is 4.31 Å². The number of rotatable bonds is 9. The maximum atomic E-state index is 12.6. The minimum Gasteiger partial charge on any atom is -0.484 e. The van der Waals surface area contributed by atoms with E-state index in [9.17, 15) is 18.0 Å². The fraction of sp³-hybridized carbons (Fsp3) is 0.263. The van der Waals surface area contributed by atoms with Crippen LogP contribution in [0.5, 0.6) is 5.75 Å². The molecule has 0 aliphatic heterocycles. The Morgan fingerprint density at radius 1 is 1.07 bits per heavy atom. The highest BCUT2D eigenvalue weighted by Crippen LogP contribution is 2.19. The molecule has 0 spiro atoms. The minimum atomic E-state index is -3.61. The Hall–Kier alpha value is -2.91. The van der Waals surface area contributed by atoms with Crippen LogP contribution in [0.25, 0.3) is 0 Å². The van der Waals surface area contributed by atoms with E-state index in [0.717, 1.165) is 0 Å². The molecule has 2 amide bonds. The second kappa shape index (κ2) is 9.34. The second-order valence-corrected chi connectivity index (χ2v) is 7.78. The number of nitrogens with zero attached hydrogens (tertiary/aromatic N) is 1. The predicted octanol–water partition coefficient (Wildman–Crippen LogP) is 1.83. The molecule has 0 atom stereocenters. The highest BCUT2D eigenvalue weighted by Gasteiger charge is 2.21. The van der Waals surface area contributed by atoms with Gasteiger partial charge in [-0.25, -0.2) is 8.42 Å². The van der Waals surface area contributed by atoms with Gasteiger partial charge in [0.25, 0.3) is 5.91 Å². The zero-order valence-electron chi connectivity index (χ0n) is 15.7. The van der Waals surface area contributed by atoms with Gasteiger partial charge in [-0.1, -0.05) is 19.9 Å². The third-order valence-electron chi connectivity index (χ3n) is 3.97. The first-order valence-electron chi connectivity index (χ1n) is 8.70. The van der Waals surface area contributed by atoms with Crippen LogP contribution in [0.4, 0.5) is 5.69 Å². The fourth-order valence-electron chi connectivity index (χ4n) is 2.51. The van der Waals surface area contributed by atoms with Crippen LogP contribution in [0.1, 0.15) is 24.2 Å². The van der Waals surface area contributed by atoms with E-state index in [1.165, 1.54) is 40.7 Å². The summed E-state index contributed by atoms with van der Waals surface area (Å²) in [5.74, 6) is -0.599. The molecule has 0 radical (unpaired) electrons. The molecule has 2 aromatic rings. The van der Waals surface area contributed by atoms with E-state index in [-0.39, 0.29) is 11.5 Å². The van der Waals surface area contributed by atoms with E-state index in [0.29, 0.717) is 30.1 Å². The SMILES string of the molecule is CCN(CC)S(=O)(=O)c1cccc(NC(=O)COc2ccc(C(N)=O)cc2)c1. The van der Waals surface area contributed by atoms with Crippen LogP contribution in [-0.4, -0.2) is 44.2 Å². The molecule has 0 bridgehead atoms. The topological polar surface area (TPSA) is 119 Å². The Balaban J connectivity index is 2.01. The summed E-state index contributed by atoms with van der Waals surface area (Å²) in [6.07, 6.45) is 0. The zero-order chi connectivity index (χ0) is 20.7. The van der Waals surface area contributed by atoms with Gasteiger partial charge in [-0.3, -0.25) is 9.59 Å². The predicted molar refractivity (Wildman–Crippen MR) is 106 cm³/mol. The summed E-state index contributed by atoms with van der Waals surface area (Å²) in [5, 5.41) is 2.61. The van der Waals surface area contributed by atoms with Gasteiger partial charge in [0, 0.05) is 24.3 Å². The number of sulfonamides is 1. The monoisotopic (exact) mass is 405 g/mol. The lowest BCUT2D eigenvalue weighted by molar-refractivity contribution is -0.118. The molecule has 2 rings (SSSR count). The van der Waals surface area contributed by atoms with Crippen molar-refractivity contribution in [2.75, 3.05) is 25.0 Å². The van der Waals surface area contributed by atoms with Crippen LogP contribution in [0, 0.1) is 0 Å². The summed E-state index contributed by atoms with van der Waals surface area (Å²) in [6, 6.07) is 12.1. The van der Waals surface area contributed by atoms with Crippen LogP contribution in [-0.2, 0) is 14.8 Å². The molecule has 0 unspecified atom stereocenters. The Morgan fingerprint density at radius 3 is 2.29 bits per heavy atom. The highest BCUT2D eigenvalue weighted by atomic mass is 32.2. The normalized spacial score (nSPS) is 11.2. The van der Waals surface area contributed by atoms with E-state index < -0.39 is 21.8 Å². The van der Waals surface area contributed by atoms with Gasteiger partial charge in [0.05, 0.1) is 4.90 Å². The van der Waals surface area contributed by atoms with Crippen molar-refractivity contribution < 1.29 is 22.7 Å². The Bertz CT molecular complexity index is 938. The molecule has 0 aromatic heterocycles. The van der Waals surface area contributed by atoms with Crippen molar-refractivity contribution in [3.63, 3.8) is 0 Å². The summed E-state index contributed by atoms with van der Waals surface area (Å²) in [5.41, 5.74) is 5.85. The Morgan fingerprint density at radius 2 is 1.71 bits per heavy atom. The highest BCUT2D eigenvalue weighted by molar-refractivity contribution is 7.89. The summed E-state index contributed by atoms with van der Waals surface area (Å²) in [7, 11) is -3.61. The first kappa shape index (κ1) is 21.4. The zero-order valence-corrected chi connectivity index (χ0v) is 16.5. The van der Waals surface area contributed by atoms with Gasteiger partial charge < -0.3 is 15.8 Å². The first-order chi connectivity index (χ1) is 13.3. The van der Waals surface area contributed by atoms with Gasteiger partial charge in [-0.2, -0.15) is 4.31 Å². The summed E-state index contributed by atoms with van der Waals surface area (Å²) in [6.45, 7) is 3.97. The van der Waals surface area contributed by atoms with Gasteiger partial charge in [-0.15, -0.1) is 0 Å². The third-order valence-corrected chi connectivity index (χ3v) is 6.02. The molecule has 8 nitrogen and oxygen atoms in total. The summed E-state index contributed by atoms with van der Waals surface area (Å²) in [4.78, 5) is 23.2. The van der Waals surface area contributed by atoms with Gasteiger partial charge >= 0.3 is 0 Å². The number of nitrogens with two attached hydrogens (primary N) is 1. The lowest BCUT2D eigenvalue weighted by Crippen LogP contribution is -2.30. The van der Waals surface area contributed by atoms with Crippen molar-refractivity contribution in [3.05, 3.63) is 54.1 Å². The van der Waals surface area contributed by atoms with Gasteiger partial charge in [0.2, 0.25) is 15.9 Å². The van der Waals surface area contributed by atoms with Crippen molar-refractivity contribution in [3.8, 4) is 5.75 Å². The fourth-order valence-corrected chi connectivity index (χ4v) is 4.01. The Kier molecular flexibility index (Phi) is 7.13.